The molecule has 0 heterocycles. The van der Waals surface area contributed by atoms with Crippen LogP contribution >= 0.6 is 0 Å². The third-order valence-electron chi connectivity index (χ3n) is 1.71. The third kappa shape index (κ3) is 2.33. The second kappa shape index (κ2) is 3.76. The maximum atomic E-state index is 10.5. The first-order valence-electron chi connectivity index (χ1n) is 3.87. The molecule has 3 nitrogen and oxygen atoms in total. The zero-order chi connectivity index (χ0) is 9.84. The van der Waals surface area contributed by atoms with E-state index in [1.165, 1.54) is 6.92 Å². The summed E-state index contributed by atoms with van der Waals surface area (Å²) in [5, 5.41) is 8.63. The molecule has 0 aromatic heterocycles. The molecule has 68 valence electrons. The van der Waals surface area contributed by atoms with E-state index in [0.29, 0.717) is 5.69 Å². The summed E-state index contributed by atoms with van der Waals surface area (Å²) < 4.78 is 0. The second-order valence-corrected chi connectivity index (χ2v) is 2.76. The zero-order valence-corrected chi connectivity index (χ0v) is 7.32. The number of nitrogen functional groups attached to an aromatic ring is 1. The van der Waals surface area contributed by atoms with Crippen molar-refractivity contribution in [1.29, 1.82) is 0 Å². The highest BCUT2D eigenvalue weighted by molar-refractivity contribution is 5.92. The SMILES string of the molecule is C/C(=C\c1ccccc1N)C(=O)O. The van der Waals surface area contributed by atoms with E-state index in [1.807, 2.05) is 12.1 Å². The first-order chi connectivity index (χ1) is 6.11. The van der Waals surface area contributed by atoms with Crippen LogP contribution in [0, 0.1) is 0 Å². The van der Waals surface area contributed by atoms with Gasteiger partial charge in [0.15, 0.2) is 0 Å². The van der Waals surface area contributed by atoms with Gasteiger partial charge in [-0.3, -0.25) is 0 Å². The number of para-hydroxylation sites is 1. The Kier molecular flexibility index (Phi) is 2.69. The van der Waals surface area contributed by atoms with E-state index in [4.69, 9.17) is 10.8 Å². The Hall–Kier alpha value is -1.77. The van der Waals surface area contributed by atoms with Crippen molar-refractivity contribution in [2.24, 2.45) is 0 Å². The molecule has 0 aliphatic carbocycles. The Morgan fingerprint density at radius 1 is 1.46 bits per heavy atom. The number of nitrogens with two attached hydrogens (primary N) is 1. The van der Waals surface area contributed by atoms with Gasteiger partial charge in [0.1, 0.15) is 0 Å². The van der Waals surface area contributed by atoms with Crippen molar-refractivity contribution in [2.75, 3.05) is 5.73 Å². The minimum Gasteiger partial charge on any atom is -0.478 e. The fourth-order valence-corrected chi connectivity index (χ4v) is 0.937. The molecule has 1 aromatic rings. The zero-order valence-electron chi connectivity index (χ0n) is 7.32. The lowest BCUT2D eigenvalue weighted by atomic mass is 10.1. The minimum atomic E-state index is -0.928. The quantitative estimate of drug-likeness (QED) is 0.534. The number of aliphatic carboxylic acids is 1. The Morgan fingerprint density at radius 3 is 2.62 bits per heavy atom. The van der Waals surface area contributed by atoms with Gasteiger partial charge >= 0.3 is 5.97 Å². The van der Waals surface area contributed by atoms with Gasteiger partial charge in [0.25, 0.3) is 0 Å². The molecule has 3 heteroatoms. The molecular weight excluding hydrogens is 166 g/mol. The van der Waals surface area contributed by atoms with Gasteiger partial charge in [0.05, 0.1) is 0 Å². The number of anilines is 1. The Balaban J connectivity index is 3.04. The van der Waals surface area contributed by atoms with Crippen LogP contribution in [0.3, 0.4) is 0 Å². The summed E-state index contributed by atoms with van der Waals surface area (Å²) in [5.74, 6) is -0.928. The fourth-order valence-electron chi connectivity index (χ4n) is 0.937. The summed E-state index contributed by atoms with van der Waals surface area (Å²) in [6.07, 6.45) is 1.55. The van der Waals surface area contributed by atoms with Crippen molar-refractivity contribution in [1.82, 2.24) is 0 Å². The van der Waals surface area contributed by atoms with Crippen LogP contribution in [-0.4, -0.2) is 11.1 Å². The standard InChI is InChI=1S/C10H11NO2/c1-7(10(12)13)6-8-4-2-3-5-9(8)11/h2-6H,11H2,1H3,(H,12,13)/b7-6+. The summed E-state index contributed by atoms with van der Waals surface area (Å²) >= 11 is 0. The van der Waals surface area contributed by atoms with Gasteiger partial charge in [-0.1, -0.05) is 18.2 Å². The molecule has 0 unspecified atom stereocenters. The molecule has 3 N–H and O–H groups in total. The molecule has 0 spiro atoms. The lowest BCUT2D eigenvalue weighted by molar-refractivity contribution is -0.132. The van der Waals surface area contributed by atoms with E-state index in [-0.39, 0.29) is 5.57 Å². The van der Waals surface area contributed by atoms with Gasteiger partial charge in [0, 0.05) is 11.3 Å². The van der Waals surface area contributed by atoms with Gasteiger partial charge in [-0.05, 0) is 24.6 Å². The van der Waals surface area contributed by atoms with Gasteiger partial charge in [0.2, 0.25) is 0 Å². The smallest absolute Gasteiger partial charge is 0.331 e. The van der Waals surface area contributed by atoms with Crippen molar-refractivity contribution >= 4 is 17.7 Å². The Bertz CT molecular complexity index is 356. The number of hydrogen-bond donors (Lipinski definition) is 2. The molecular formula is C10H11NO2. The Labute approximate surface area is 76.5 Å². The van der Waals surface area contributed by atoms with E-state index in [1.54, 1.807) is 18.2 Å². The summed E-state index contributed by atoms with van der Waals surface area (Å²) in [4.78, 5) is 10.5. The third-order valence-corrected chi connectivity index (χ3v) is 1.71. The molecule has 0 atom stereocenters. The predicted octanol–water partition coefficient (Wildman–Crippen LogP) is 1.76. The Morgan fingerprint density at radius 2 is 2.08 bits per heavy atom. The molecule has 1 rings (SSSR count). The lowest BCUT2D eigenvalue weighted by Crippen LogP contribution is -1.96. The fraction of sp³-hybridized carbons (Fsp3) is 0.100. The van der Waals surface area contributed by atoms with Crippen LogP contribution in [-0.2, 0) is 4.79 Å². The van der Waals surface area contributed by atoms with Crippen molar-refractivity contribution in [3.05, 3.63) is 35.4 Å². The number of carboxylic acid groups (broad SMARTS) is 1. The topological polar surface area (TPSA) is 63.3 Å². The van der Waals surface area contributed by atoms with Crippen LogP contribution in [0.25, 0.3) is 6.08 Å². The van der Waals surface area contributed by atoms with Crippen LogP contribution in [0.4, 0.5) is 5.69 Å². The number of rotatable bonds is 2. The maximum Gasteiger partial charge on any atom is 0.331 e. The van der Waals surface area contributed by atoms with Crippen molar-refractivity contribution < 1.29 is 9.90 Å². The molecule has 13 heavy (non-hydrogen) atoms. The van der Waals surface area contributed by atoms with Crippen LogP contribution in [0.5, 0.6) is 0 Å². The van der Waals surface area contributed by atoms with Gasteiger partial charge in [-0.2, -0.15) is 0 Å². The van der Waals surface area contributed by atoms with E-state index >= 15 is 0 Å². The maximum absolute atomic E-state index is 10.5. The molecule has 0 saturated heterocycles. The summed E-state index contributed by atoms with van der Waals surface area (Å²) in [6, 6.07) is 7.14. The monoisotopic (exact) mass is 177 g/mol. The first-order valence-corrected chi connectivity index (χ1v) is 3.87. The molecule has 0 aliphatic heterocycles. The van der Waals surface area contributed by atoms with Gasteiger partial charge < -0.3 is 10.8 Å². The molecule has 0 amide bonds. The van der Waals surface area contributed by atoms with Crippen LogP contribution in [0.2, 0.25) is 0 Å². The first kappa shape index (κ1) is 9.32. The predicted molar refractivity (Wildman–Crippen MR) is 52.1 cm³/mol. The van der Waals surface area contributed by atoms with Crippen LogP contribution in [0.1, 0.15) is 12.5 Å². The largest absolute Gasteiger partial charge is 0.478 e. The van der Waals surface area contributed by atoms with E-state index in [2.05, 4.69) is 0 Å². The lowest BCUT2D eigenvalue weighted by Gasteiger charge is -1.99. The molecule has 0 fully saturated rings. The van der Waals surface area contributed by atoms with E-state index in [9.17, 15) is 4.79 Å². The average Bonchev–Trinajstić information content (AvgIpc) is 2.08. The molecule has 0 radical (unpaired) electrons. The van der Waals surface area contributed by atoms with E-state index < -0.39 is 5.97 Å². The highest BCUT2D eigenvalue weighted by atomic mass is 16.4. The number of carbonyl (C=O) groups is 1. The number of benzene rings is 1. The number of hydrogen-bond acceptors (Lipinski definition) is 2. The van der Waals surface area contributed by atoms with E-state index in [0.717, 1.165) is 5.56 Å². The summed E-state index contributed by atoms with van der Waals surface area (Å²) in [6.45, 7) is 1.54. The molecule has 0 bridgehead atoms. The van der Waals surface area contributed by atoms with Gasteiger partial charge in [-0.15, -0.1) is 0 Å². The van der Waals surface area contributed by atoms with Crippen molar-refractivity contribution in [3.63, 3.8) is 0 Å². The number of carboxylic acids is 1. The van der Waals surface area contributed by atoms with Crippen LogP contribution in [0.15, 0.2) is 29.8 Å². The van der Waals surface area contributed by atoms with Crippen molar-refractivity contribution in [2.45, 2.75) is 6.92 Å². The minimum absolute atomic E-state index is 0.276. The van der Waals surface area contributed by atoms with Gasteiger partial charge in [-0.25, -0.2) is 4.79 Å². The summed E-state index contributed by atoms with van der Waals surface area (Å²) in [5.41, 5.74) is 7.23. The second-order valence-electron chi connectivity index (χ2n) is 2.76. The molecule has 1 aromatic carbocycles. The normalized spacial score (nSPS) is 11.3. The highest BCUT2D eigenvalue weighted by Gasteiger charge is 2.00. The molecule has 0 saturated carbocycles. The van der Waals surface area contributed by atoms with Crippen molar-refractivity contribution in [3.8, 4) is 0 Å². The highest BCUT2D eigenvalue weighted by Crippen LogP contribution is 2.14. The summed E-state index contributed by atoms with van der Waals surface area (Å²) in [7, 11) is 0. The van der Waals surface area contributed by atoms with Crippen LogP contribution < -0.4 is 5.73 Å². The molecule has 0 aliphatic rings. The average molecular weight is 177 g/mol.